The van der Waals surface area contributed by atoms with Gasteiger partial charge in [-0.25, -0.2) is 9.18 Å². The lowest BCUT2D eigenvalue weighted by Crippen LogP contribution is -2.51. The number of carbonyl (C=O) groups excluding carboxylic acids is 2. The molecule has 0 fully saturated rings. The van der Waals surface area contributed by atoms with Gasteiger partial charge >= 0.3 is 5.97 Å². The van der Waals surface area contributed by atoms with E-state index in [2.05, 4.69) is 5.32 Å². The van der Waals surface area contributed by atoms with Crippen molar-refractivity contribution in [3.63, 3.8) is 0 Å². The molecule has 1 amide bonds. The molecule has 0 aromatic heterocycles. The fourth-order valence-corrected chi connectivity index (χ4v) is 2.08. The van der Waals surface area contributed by atoms with Gasteiger partial charge in [-0.05, 0) is 45.9 Å². The lowest BCUT2D eigenvalue weighted by molar-refractivity contribution is -0.150. The number of esters is 1. The van der Waals surface area contributed by atoms with Crippen LogP contribution in [0.3, 0.4) is 0 Å². The normalized spacial score (nSPS) is 14.0. The van der Waals surface area contributed by atoms with E-state index >= 15 is 0 Å². The third-order valence-electron chi connectivity index (χ3n) is 3.01. The van der Waals surface area contributed by atoms with Crippen LogP contribution >= 0.6 is 0 Å². The van der Waals surface area contributed by atoms with Gasteiger partial charge in [0.15, 0.2) is 6.04 Å². The summed E-state index contributed by atoms with van der Waals surface area (Å²) in [5.74, 6) is -1.80. The number of anilines is 1. The summed E-state index contributed by atoms with van der Waals surface area (Å²) in [6.45, 7) is 7.15. The maximum absolute atomic E-state index is 13.1. The molecule has 0 spiro atoms. The summed E-state index contributed by atoms with van der Waals surface area (Å²) >= 11 is 0. The number of halogens is 1. The standard InChI is InChI=1S/C16H23FN2O4/c1-9(23-16(2,3)4)13(15(21)22-5)19-14(20)11-7-6-10(17)8-12(11)18/h6-9,13H,18H2,1-5H3,(H,19,20)/t9-,13+/m1/s1. The molecule has 6 nitrogen and oxygen atoms in total. The highest BCUT2D eigenvalue weighted by Gasteiger charge is 2.32. The van der Waals surface area contributed by atoms with Crippen molar-refractivity contribution in [1.82, 2.24) is 5.32 Å². The zero-order valence-electron chi connectivity index (χ0n) is 14.0. The largest absolute Gasteiger partial charge is 0.467 e. The maximum Gasteiger partial charge on any atom is 0.331 e. The van der Waals surface area contributed by atoms with Crippen LogP contribution in [0.25, 0.3) is 0 Å². The number of carbonyl (C=O) groups is 2. The Kier molecular flexibility index (Phi) is 6.09. The van der Waals surface area contributed by atoms with E-state index in [9.17, 15) is 14.0 Å². The Bertz CT molecular complexity index is 584. The van der Waals surface area contributed by atoms with E-state index in [0.717, 1.165) is 12.1 Å². The lowest BCUT2D eigenvalue weighted by Gasteiger charge is -2.30. The number of hydrogen-bond acceptors (Lipinski definition) is 5. The molecule has 2 atom stereocenters. The molecule has 1 aromatic carbocycles. The first-order chi connectivity index (χ1) is 10.5. The summed E-state index contributed by atoms with van der Waals surface area (Å²) in [4.78, 5) is 24.2. The Morgan fingerprint density at radius 2 is 1.91 bits per heavy atom. The van der Waals surface area contributed by atoms with E-state index in [0.29, 0.717) is 0 Å². The molecule has 23 heavy (non-hydrogen) atoms. The van der Waals surface area contributed by atoms with Crippen molar-refractivity contribution in [1.29, 1.82) is 0 Å². The van der Waals surface area contributed by atoms with E-state index in [1.165, 1.54) is 13.2 Å². The number of benzene rings is 1. The van der Waals surface area contributed by atoms with Gasteiger partial charge in [-0.15, -0.1) is 0 Å². The van der Waals surface area contributed by atoms with Gasteiger partial charge in [-0.2, -0.15) is 0 Å². The molecule has 0 saturated carbocycles. The molecule has 0 saturated heterocycles. The van der Waals surface area contributed by atoms with Gasteiger partial charge < -0.3 is 20.5 Å². The summed E-state index contributed by atoms with van der Waals surface area (Å²) < 4.78 is 23.5. The van der Waals surface area contributed by atoms with Gasteiger partial charge in [-0.3, -0.25) is 4.79 Å². The van der Waals surface area contributed by atoms with Gasteiger partial charge in [0.05, 0.1) is 24.4 Å². The molecule has 1 aromatic rings. The summed E-state index contributed by atoms with van der Waals surface area (Å²) in [6.07, 6.45) is -0.631. The van der Waals surface area contributed by atoms with Crippen LogP contribution in [0.15, 0.2) is 18.2 Å². The first kappa shape index (κ1) is 18.9. The summed E-state index contributed by atoms with van der Waals surface area (Å²) in [6, 6.07) is 2.39. The highest BCUT2D eigenvalue weighted by Crippen LogP contribution is 2.16. The molecular formula is C16H23FN2O4. The predicted octanol–water partition coefficient (Wildman–Crippen LogP) is 1.88. The second-order valence-corrected chi connectivity index (χ2v) is 6.14. The number of nitrogen functional groups attached to an aromatic ring is 1. The molecule has 0 bridgehead atoms. The molecule has 7 heteroatoms. The van der Waals surface area contributed by atoms with Gasteiger partial charge in [0.25, 0.3) is 5.91 Å². The minimum atomic E-state index is -1.02. The third-order valence-corrected chi connectivity index (χ3v) is 3.01. The molecule has 0 radical (unpaired) electrons. The number of nitrogens with one attached hydrogen (secondary N) is 1. The predicted molar refractivity (Wildman–Crippen MR) is 84.4 cm³/mol. The Morgan fingerprint density at radius 3 is 2.39 bits per heavy atom. The third kappa shape index (κ3) is 5.52. The van der Waals surface area contributed by atoms with E-state index in [4.69, 9.17) is 15.2 Å². The van der Waals surface area contributed by atoms with Crippen molar-refractivity contribution in [2.24, 2.45) is 0 Å². The summed E-state index contributed by atoms with van der Waals surface area (Å²) in [5, 5.41) is 2.53. The summed E-state index contributed by atoms with van der Waals surface area (Å²) in [5.41, 5.74) is 5.18. The van der Waals surface area contributed by atoms with E-state index in [1.807, 2.05) is 20.8 Å². The van der Waals surface area contributed by atoms with Gasteiger partial charge in [0.2, 0.25) is 0 Å². The zero-order chi connectivity index (χ0) is 17.8. The molecular weight excluding hydrogens is 303 g/mol. The van der Waals surface area contributed by atoms with Crippen molar-refractivity contribution in [2.75, 3.05) is 12.8 Å². The van der Waals surface area contributed by atoms with Crippen molar-refractivity contribution >= 4 is 17.6 Å². The van der Waals surface area contributed by atoms with Crippen LogP contribution < -0.4 is 11.1 Å². The zero-order valence-corrected chi connectivity index (χ0v) is 14.0. The van der Waals surface area contributed by atoms with Crippen LogP contribution in [0, 0.1) is 5.82 Å². The van der Waals surface area contributed by atoms with Crippen LogP contribution in [-0.2, 0) is 14.3 Å². The van der Waals surface area contributed by atoms with E-state index in [-0.39, 0.29) is 11.3 Å². The van der Waals surface area contributed by atoms with Crippen molar-refractivity contribution < 1.29 is 23.5 Å². The Morgan fingerprint density at radius 1 is 1.30 bits per heavy atom. The topological polar surface area (TPSA) is 90.7 Å². The van der Waals surface area contributed by atoms with Gasteiger partial charge in [0.1, 0.15) is 5.82 Å². The molecule has 128 valence electrons. The Balaban J connectivity index is 2.96. The number of hydrogen-bond donors (Lipinski definition) is 2. The van der Waals surface area contributed by atoms with Gasteiger partial charge in [-0.1, -0.05) is 0 Å². The van der Waals surface area contributed by atoms with Crippen molar-refractivity contribution in [3.8, 4) is 0 Å². The lowest BCUT2D eigenvalue weighted by atomic mass is 10.1. The molecule has 1 rings (SSSR count). The minimum absolute atomic E-state index is 0.0180. The second kappa shape index (κ2) is 7.41. The molecule has 0 unspecified atom stereocenters. The van der Waals surface area contributed by atoms with Crippen LogP contribution in [0.5, 0.6) is 0 Å². The van der Waals surface area contributed by atoms with Crippen LogP contribution in [0.1, 0.15) is 38.1 Å². The van der Waals surface area contributed by atoms with Crippen LogP contribution in [-0.4, -0.2) is 36.7 Å². The van der Waals surface area contributed by atoms with Gasteiger partial charge in [0, 0.05) is 5.69 Å². The van der Waals surface area contributed by atoms with Crippen molar-refractivity contribution in [3.05, 3.63) is 29.6 Å². The molecule has 0 aliphatic heterocycles. The number of methoxy groups -OCH3 is 1. The minimum Gasteiger partial charge on any atom is -0.467 e. The fourth-order valence-electron chi connectivity index (χ4n) is 2.08. The average Bonchev–Trinajstić information content (AvgIpc) is 2.41. The maximum atomic E-state index is 13.1. The monoisotopic (exact) mass is 326 g/mol. The fraction of sp³-hybridized carbons (Fsp3) is 0.500. The first-order valence-electron chi connectivity index (χ1n) is 7.16. The van der Waals surface area contributed by atoms with Crippen LogP contribution in [0.4, 0.5) is 10.1 Å². The number of amides is 1. The second-order valence-electron chi connectivity index (χ2n) is 6.14. The van der Waals surface area contributed by atoms with E-state index < -0.39 is 35.4 Å². The number of nitrogens with two attached hydrogens (primary N) is 1. The molecule has 0 heterocycles. The first-order valence-corrected chi connectivity index (χ1v) is 7.16. The van der Waals surface area contributed by atoms with E-state index in [1.54, 1.807) is 6.92 Å². The molecule has 0 aliphatic rings. The highest BCUT2D eigenvalue weighted by molar-refractivity contribution is 6.01. The van der Waals surface area contributed by atoms with Crippen LogP contribution in [0.2, 0.25) is 0 Å². The highest BCUT2D eigenvalue weighted by atomic mass is 19.1. The Labute approximate surface area is 135 Å². The summed E-state index contributed by atoms with van der Waals surface area (Å²) in [7, 11) is 1.22. The number of ether oxygens (including phenoxy) is 2. The average molecular weight is 326 g/mol. The smallest absolute Gasteiger partial charge is 0.331 e. The van der Waals surface area contributed by atoms with Crippen molar-refractivity contribution in [2.45, 2.75) is 45.4 Å². The SMILES string of the molecule is COC(=O)[C@@H](NC(=O)c1ccc(F)cc1N)[C@@H](C)OC(C)(C)C. The Hall–Kier alpha value is -2.15. The molecule has 3 N–H and O–H groups in total. The number of rotatable bonds is 5. The quantitative estimate of drug-likeness (QED) is 0.637. The molecule has 0 aliphatic carbocycles.